The van der Waals surface area contributed by atoms with Gasteiger partial charge in [-0.1, -0.05) is 26.8 Å². The number of fused-ring (bicyclic) bond motifs is 2. The summed E-state index contributed by atoms with van der Waals surface area (Å²) in [6, 6.07) is 11.9. The third kappa shape index (κ3) is 2.78. The number of hydrogen-bond donors (Lipinski definition) is 2. The van der Waals surface area contributed by atoms with Gasteiger partial charge in [0.1, 0.15) is 0 Å². The van der Waals surface area contributed by atoms with Crippen LogP contribution >= 0.6 is 0 Å². The van der Waals surface area contributed by atoms with Crippen LogP contribution in [0, 0.1) is 0 Å². The van der Waals surface area contributed by atoms with Crippen molar-refractivity contribution < 1.29 is 14.3 Å². The highest BCUT2D eigenvalue weighted by molar-refractivity contribution is 6.04. The van der Waals surface area contributed by atoms with Crippen LogP contribution in [0.3, 0.4) is 0 Å². The molecular formula is C23H25N3O3. The minimum atomic E-state index is -0.602. The van der Waals surface area contributed by atoms with E-state index < -0.39 is 5.41 Å². The molecule has 29 heavy (non-hydrogen) atoms. The van der Waals surface area contributed by atoms with E-state index >= 15 is 0 Å². The van der Waals surface area contributed by atoms with Crippen molar-refractivity contribution in [2.24, 2.45) is 5.84 Å². The second kappa shape index (κ2) is 6.00. The van der Waals surface area contributed by atoms with Crippen LogP contribution in [0.15, 0.2) is 42.6 Å². The van der Waals surface area contributed by atoms with E-state index in [2.05, 4.69) is 31.8 Å². The van der Waals surface area contributed by atoms with Crippen LogP contribution in [0.1, 0.15) is 44.7 Å². The zero-order valence-corrected chi connectivity index (χ0v) is 16.9. The number of hydrogen-bond acceptors (Lipinski definition) is 4. The van der Waals surface area contributed by atoms with E-state index in [0.29, 0.717) is 11.5 Å². The molecule has 6 nitrogen and oxygen atoms in total. The standard InChI is InChI=1S/C23H25N3O3/c1-22(2,3)16-10-14-6-9-25-17(14)12-18(16)26(24)21(27)23(7-8-23)15-4-5-19-20(11-15)29-13-28-19/h4-6,9-12,25H,7-8,13,24H2,1-3H3. The molecule has 0 bridgehead atoms. The van der Waals surface area contributed by atoms with Gasteiger partial charge in [-0.15, -0.1) is 0 Å². The van der Waals surface area contributed by atoms with Crippen molar-refractivity contribution in [3.8, 4) is 11.5 Å². The average molecular weight is 391 g/mol. The Hall–Kier alpha value is -2.99. The quantitative estimate of drug-likeness (QED) is 0.400. The monoisotopic (exact) mass is 391 g/mol. The molecule has 0 saturated heterocycles. The van der Waals surface area contributed by atoms with Gasteiger partial charge in [0.25, 0.3) is 5.91 Å². The Morgan fingerprint density at radius 1 is 1.10 bits per heavy atom. The fourth-order valence-corrected chi connectivity index (χ4v) is 4.17. The Morgan fingerprint density at radius 3 is 2.59 bits per heavy atom. The number of benzene rings is 2. The smallest absolute Gasteiger partial charge is 0.251 e. The maximum absolute atomic E-state index is 13.6. The zero-order chi connectivity index (χ0) is 20.4. The lowest BCUT2D eigenvalue weighted by molar-refractivity contribution is -0.121. The molecule has 6 heteroatoms. The number of carbonyl (C=O) groups is 1. The van der Waals surface area contributed by atoms with E-state index in [-0.39, 0.29) is 18.1 Å². The number of amides is 1. The highest BCUT2D eigenvalue weighted by Crippen LogP contribution is 2.52. The number of nitrogens with one attached hydrogen (secondary N) is 1. The Bertz CT molecular complexity index is 1120. The maximum atomic E-state index is 13.6. The summed E-state index contributed by atoms with van der Waals surface area (Å²) in [4.78, 5) is 16.8. The first kappa shape index (κ1) is 18.1. The SMILES string of the molecule is CC(C)(C)c1cc2cc[nH]c2cc1N(N)C(=O)C1(c2ccc3c(c2)OCO3)CC1. The average Bonchev–Trinajstić information content (AvgIpc) is 3.14. The summed E-state index contributed by atoms with van der Waals surface area (Å²) in [5, 5.41) is 2.45. The third-order valence-electron chi connectivity index (χ3n) is 6.04. The lowest BCUT2D eigenvalue weighted by atomic mass is 9.84. The zero-order valence-electron chi connectivity index (χ0n) is 16.9. The number of anilines is 1. The molecule has 3 aromatic rings. The van der Waals surface area contributed by atoms with Gasteiger partial charge in [0.15, 0.2) is 11.5 Å². The summed E-state index contributed by atoms with van der Waals surface area (Å²) in [6.45, 7) is 6.61. The fraction of sp³-hybridized carbons (Fsp3) is 0.348. The number of ether oxygens (including phenoxy) is 2. The van der Waals surface area contributed by atoms with Gasteiger partial charge in [0.2, 0.25) is 6.79 Å². The van der Waals surface area contributed by atoms with Crippen LogP contribution in [-0.4, -0.2) is 17.7 Å². The van der Waals surface area contributed by atoms with E-state index in [0.717, 1.165) is 40.6 Å². The number of nitrogens with zero attached hydrogens (tertiary/aromatic N) is 1. The molecular weight excluding hydrogens is 366 g/mol. The summed E-state index contributed by atoms with van der Waals surface area (Å²) < 4.78 is 10.9. The first-order valence-electron chi connectivity index (χ1n) is 9.91. The van der Waals surface area contributed by atoms with Crippen molar-refractivity contribution in [2.45, 2.75) is 44.4 Å². The first-order valence-corrected chi connectivity index (χ1v) is 9.91. The molecule has 1 aliphatic carbocycles. The molecule has 3 N–H and O–H groups in total. The topological polar surface area (TPSA) is 80.6 Å². The predicted molar refractivity (Wildman–Crippen MR) is 112 cm³/mol. The van der Waals surface area contributed by atoms with Gasteiger partial charge in [-0.25, -0.2) is 10.9 Å². The number of hydrazine groups is 1. The van der Waals surface area contributed by atoms with Gasteiger partial charge in [0, 0.05) is 11.7 Å². The summed E-state index contributed by atoms with van der Waals surface area (Å²) in [5.41, 5.74) is 2.92. The van der Waals surface area contributed by atoms with Crippen LogP contribution in [-0.2, 0) is 15.6 Å². The van der Waals surface area contributed by atoms with Gasteiger partial charge >= 0.3 is 0 Å². The van der Waals surface area contributed by atoms with Crippen molar-refractivity contribution in [3.63, 3.8) is 0 Å². The van der Waals surface area contributed by atoms with E-state index in [1.165, 1.54) is 5.01 Å². The molecule has 1 aliphatic heterocycles. The summed E-state index contributed by atoms with van der Waals surface area (Å²) in [5.74, 6) is 7.80. The molecule has 0 atom stereocenters. The molecule has 2 aromatic carbocycles. The minimum absolute atomic E-state index is 0.0900. The molecule has 5 rings (SSSR count). The number of rotatable bonds is 3. The van der Waals surface area contributed by atoms with E-state index in [1.54, 1.807) is 0 Å². The van der Waals surface area contributed by atoms with Crippen LogP contribution < -0.4 is 20.3 Å². The molecule has 0 unspecified atom stereocenters. The van der Waals surface area contributed by atoms with Gasteiger partial charge in [-0.3, -0.25) is 4.79 Å². The maximum Gasteiger partial charge on any atom is 0.251 e. The Balaban J connectivity index is 1.55. The molecule has 1 aromatic heterocycles. The molecule has 0 spiro atoms. The first-order chi connectivity index (χ1) is 13.8. The number of aromatic amines is 1. The van der Waals surface area contributed by atoms with E-state index in [1.807, 2.05) is 36.5 Å². The predicted octanol–water partition coefficient (Wildman–Crippen LogP) is 4.13. The Labute approximate surface area is 169 Å². The van der Waals surface area contributed by atoms with Gasteiger partial charge in [0.05, 0.1) is 11.1 Å². The van der Waals surface area contributed by atoms with Crippen molar-refractivity contribution >= 4 is 22.5 Å². The van der Waals surface area contributed by atoms with Gasteiger partial charge < -0.3 is 14.5 Å². The summed E-state index contributed by atoms with van der Waals surface area (Å²) >= 11 is 0. The lowest BCUT2D eigenvalue weighted by Crippen LogP contribution is -2.45. The number of nitrogens with two attached hydrogens (primary N) is 1. The molecule has 2 aliphatic rings. The van der Waals surface area contributed by atoms with Crippen molar-refractivity contribution in [1.29, 1.82) is 0 Å². The highest BCUT2D eigenvalue weighted by Gasteiger charge is 2.53. The second-order valence-corrected chi connectivity index (χ2v) is 9.01. The molecule has 150 valence electrons. The number of H-pyrrole nitrogens is 1. The lowest BCUT2D eigenvalue weighted by Gasteiger charge is -2.30. The van der Waals surface area contributed by atoms with Crippen LogP contribution in [0.2, 0.25) is 0 Å². The Morgan fingerprint density at radius 2 is 1.86 bits per heavy atom. The summed E-state index contributed by atoms with van der Waals surface area (Å²) in [6.07, 6.45) is 3.45. The van der Waals surface area contributed by atoms with Crippen LogP contribution in [0.5, 0.6) is 11.5 Å². The van der Waals surface area contributed by atoms with Crippen molar-refractivity contribution in [3.05, 3.63) is 53.7 Å². The highest BCUT2D eigenvalue weighted by atomic mass is 16.7. The van der Waals surface area contributed by atoms with Crippen molar-refractivity contribution in [2.75, 3.05) is 11.8 Å². The Kier molecular flexibility index (Phi) is 3.74. The molecule has 0 radical (unpaired) electrons. The number of aromatic nitrogens is 1. The molecule has 1 saturated carbocycles. The third-order valence-corrected chi connectivity index (χ3v) is 6.04. The van der Waals surface area contributed by atoms with E-state index in [9.17, 15) is 4.79 Å². The van der Waals surface area contributed by atoms with Gasteiger partial charge in [-0.05, 0) is 65.1 Å². The minimum Gasteiger partial charge on any atom is -0.454 e. The molecule has 2 heterocycles. The van der Waals surface area contributed by atoms with E-state index in [4.69, 9.17) is 15.3 Å². The molecule has 1 amide bonds. The van der Waals surface area contributed by atoms with Crippen LogP contribution in [0.4, 0.5) is 5.69 Å². The van der Waals surface area contributed by atoms with Crippen molar-refractivity contribution in [1.82, 2.24) is 4.98 Å². The fourth-order valence-electron chi connectivity index (χ4n) is 4.17. The number of carbonyl (C=O) groups excluding carboxylic acids is 1. The van der Waals surface area contributed by atoms with Gasteiger partial charge in [-0.2, -0.15) is 0 Å². The largest absolute Gasteiger partial charge is 0.454 e. The normalized spacial score (nSPS) is 16.8. The summed E-state index contributed by atoms with van der Waals surface area (Å²) in [7, 11) is 0. The van der Waals surface area contributed by atoms with Crippen LogP contribution in [0.25, 0.3) is 10.9 Å². The second-order valence-electron chi connectivity index (χ2n) is 9.01. The molecule has 1 fully saturated rings.